The maximum atomic E-state index is 12.0. The Labute approximate surface area is 180 Å². The summed E-state index contributed by atoms with van der Waals surface area (Å²) >= 11 is 0. The van der Waals surface area contributed by atoms with Crippen LogP contribution in [0.5, 0.6) is 0 Å². The third-order valence-electron chi connectivity index (χ3n) is 4.74. The maximum absolute atomic E-state index is 12.0. The Morgan fingerprint density at radius 1 is 1.10 bits per heavy atom. The molecule has 1 aliphatic rings. The fourth-order valence-electron chi connectivity index (χ4n) is 3.44. The van der Waals surface area contributed by atoms with Crippen molar-refractivity contribution in [2.24, 2.45) is 5.41 Å². The molecular formula is C18H32N2O11. The molecule has 1 saturated carbocycles. The van der Waals surface area contributed by atoms with Gasteiger partial charge < -0.3 is 29.4 Å². The van der Waals surface area contributed by atoms with Gasteiger partial charge in [-0.2, -0.15) is 0 Å². The van der Waals surface area contributed by atoms with Crippen LogP contribution in [0.3, 0.4) is 0 Å². The van der Waals surface area contributed by atoms with Gasteiger partial charge in [-0.05, 0) is 18.3 Å². The molecule has 0 aromatic heterocycles. The van der Waals surface area contributed by atoms with Crippen molar-refractivity contribution in [2.75, 3.05) is 33.5 Å². The lowest BCUT2D eigenvalue weighted by Crippen LogP contribution is -2.41. The summed E-state index contributed by atoms with van der Waals surface area (Å²) in [7, 11) is 1.37. The Kier molecular flexibility index (Phi) is 12.3. The summed E-state index contributed by atoms with van der Waals surface area (Å²) in [5.41, 5.74) is -0.504. The van der Waals surface area contributed by atoms with Crippen LogP contribution in [0.15, 0.2) is 0 Å². The molecule has 0 saturated heterocycles. The number of carbonyl (C=O) groups excluding carboxylic acids is 2. The summed E-state index contributed by atoms with van der Waals surface area (Å²) < 4.78 is 19.7. The molecule has 1 aliphatic carbocycles. The predicted molar refractivity (Wildman–Crippen MR) is 101 cm³/mol. The lowest BCUT2D eigenvalue weighted by molar-refractivity contribution is -0.507. The van der Waals surface area contributed by atoms with Gasteiger partial charge in [0.1, 0.15) is 12.7 Å². The van der Waals surface area contributed by atoms with E-state index in [1.165, 1.54) is 14.0 Å². The zero-order valence-corrected chi connectivity index (χ0v) is 17.8. The SMILES string of the molecule is COC[C@@H](COCC(=O)OC(C)OC(=O)NCC1(CC(=O)O)CCCCC1)ON(O)O. The molecule has 0 aromatic carbocycles. The lowest BCUT2D eigenvalue weighted by Gasteiger charge is -2.36. The Bertz CT molecular complexity index is 567. The highest BCUT2D eigenvalue weighted by molar-refractivity contribution is 5.71. The van der Waals surface area contributed by atoms with Crippen molar-refractivity contribution >= 4 is 18.0 Å². The first-order chi connectivity index (χ1) is 14.7. The first kappa shape index (κ1) is 27.0. The number of hydrogen-bond donors (Lipinski definition) is 4. The molecule has 0 heterocycles. The molecule has 180 valence electrons. The molecule has 1 fully saturated rings. The third kappa shape index (κ3) is 11.8. The van der Waals surface area contributed by atoms with Gasteiger partial charge in [0.2, 0.25) is 6.29 Å². The maximum Gasteiger partial charge on any atom is 0.410 e. The number of carbonyl (C=O) groups is 3. The van der Waals surface area contributed by atoms with Gasteiger partial charge in [0, 0.05) is 20.6 Å². The van der Waals surface area contributed by atoms with E-state index in [1.54, 1.807) is 0 Å². The number of esters is 1. The van der Waals surface area contributed by atoms with E-state index in [1.807, 2.05) is 0 Å². The highest BCUT2D eigenvalue weighted by atomic mass is 17.1. The summed E-state index contributed by atoms with van der Waals surface area (Å²) in [6.45, 7) is 0.766. The molecule has 13 heteroatoms. The number of carboxylic acids is 1. The fourth-order valence-corrected chi connectivity index (χ4v) is 3.44. The Hall–Kier alpha value is -2.03. The quantitative estimate of drug-likeness (QED) is 0.168. The van der Waals surface area contributed by atoms with E-state index in [2.05, 4.69) is 10.2 Å². The van der Waals surface area contributed by atoms with Gasteiger partial charge in [-0.1, -0.05) is 19.3 Å². The topological polar surface area (TPSA) is 173 Å². The Morgan fingerprint density at radius 2 is 1.77 bits per heavy atom. The first-order valence-electron chi connectivity index (χ1n) is 9.93. The van der Waals surface area contributed by atoms with Crippen LogP contribution in [0.2, 0.25) is 0 Å². The number of nitrogens with one attached hydrogen (secondary N) is 1. The van der Waals surface area contributed by atoms with Crippen molar-refractivity contribution < 1.29 is 53.7 Å². The second kappa shape index (κ2) is 14.1. The van der Waals surface area contributed by atoms with Gasteiger partial charge >= 0.3 is 18.0 Å². The highest BCUT2D eigenvalue weighted by Gasteiger charge is 2.35. The van der Waals surface area contributed by atoms with Gasteiger partial charge in [-0.15, -0.1) is 0 Å². The van der Waals surface area contributed by atoms with Crippen molar-refractivity contribution in [3.63, 3.8) is 0 Å². The second-order valence-electron chi connectivity index (χ2n) is 7.40. The number of nitrogens with zero attached hydrogens (tertiary/aromatic N) is 1. The standard InChI is InChI=1S/C18H32N2O11/c1-13(29-16(23)11-28-10-14(9-27-2)31-20(25)26)30-17(24)19-12-18(8-15(21)22)6-4-3-5-7-18/h13-14,25-26H,3-12H2,1-2H3,(H,19,24)(H,21,22)/t13?,14-/m0/s1. The van der Waals surface area contributed by atoms with E-state index in [0.29, 0.717) is 12.8 Å². The van der Waals surface area contributed by atoms with E-state index in [4.69, 9.17) is 34.5 Å². The molecule has 13 nitrogen and oxygen atoms in total. The molecule has 2 atom stereocenters. The minimum atomic E-state index is -1.20. The van der Waals surface area contributed by atoms with E-state index in [9.17, 15) is 14.4 Å². The summed E-state index contributed by atoms with van der Waals surface area (Å²) in [5.74, 6) is -1.74. The number of alkyl carbamates (subject to hydrolysis) is 1. The molecule has 4 N–H and O–H groups in total. The molecule has 1 rings (SSSR count). The number of hydrogen-bond acceptors (Lipinski definition) is 11. The fraction of sp³-hybridized carbons (Fsp3) is 0.833. The average molecular weight is 452 g/mol. The van der Waals surface area contributed by atoms with Crippen LogP contribution in [0.25, 0.3) is 0 Å². The van der Waals surface area contributed by atoms with E-state index >= 15 is 0 Å². The van der Waals surface area contributed by atoms with Gasteiger partial charge in [0.15, 0.2) is 0 Å². The number of aliphatic carboxylic acids is 1. The summed E-state index contributed by atoms with van der Waals surface area (Å²) in [5, 5.41) is 28.5. The number of methoxy groups -OCH3 is 1. The smallest absolute Gasteiger partial charge is 0.410 e. The van der Waals surface area contributed by atoms with Crippen molar-refractivity contribution in [1.29, 1.82) is 0 Å². The highest BCUT2D eigenvalue weighted by Crippen LogP contribution is 2.38. The summed E-state index contributed by atoms with van der Waals surface area (Å²) in [4.78, 5) is 39.5. The zero-order chi connectivity index (χ0) is 23.3. The predicted octanol–water partition coefficient (Wildman–Crippen LogP) is 1.07. The molecule has 1 amide bonds. The van der Waals surface area contributed by atoms with E-state index in [0.717, 1.165) is 19.3 Å². The monoisotopic (exact) mass is 452 g/mol. The van der Waals surface area contributed by atoms with E-state index < -0.39 is 47.8 Å². The van der Waals surface area contributed by atoms with Crippen LogP contribution in [-0.2, 0) is 33.4 Å². The van der Waals surface area contributed by atoms with Crippen molar-refractivity contribution in [3.05, 3.63) is 0 Å². The molecule has 0 aromatic rings. The van der Waals surface area contributed by atoms with Gasteiger partial charge in [0.25, 0.3) is 0 Å². The Morgan fingerprint density at radius 3 is 2.35 bits per heavy atom. The van der Waals surface area contributed by atoms with Crippen LogP contribution in [0.1, 0.15) is 45.4 Å². The Balaban J connectivity index is 2.33. The molecule has 0 radical (unpaired) electrons. The molecule has 31 heavy (non-hydrogen) atoms. The number of ether oxygens (including phenoxy) is 4. The molecule has 1 unspecified atom stereocenters. The molecule has 0 spiro atoms. The van der Waals surface area contributed by atoms with Crippen LogP contribution in [-0.4, -0.2) is 84.8 Å². The first-order valence-corrected chi connectivity index (χ1v) is 9.93. The number of rotatable bonds is 14. The van der Waals surface area contributed by atoms with Gasteiger partial charge in [0.05, 0.1) is 25.0 Å². The number of carboxylic acid groups (broad SMARTS) is 1. The van der Waals surface area contributed by atoms with Crippen LogP contribution >= 0.6 is 0 Å². The zero-order valence-electron chi connectivity index (χ0n) is 17.8. The average Bonchev–Trinajstić information content (AvgIpc) is 2.66. The minimum Gasteiger partial charge on any atom is -0.481 e. The third-order valence-corrected chi connectivity index (χ3v) is 4.74. The second-order valence-corrected chi connectivity index (χ2v) is 7.40. The van der Waals surface area contributed by atoms with Gasteiger partial charge in [-0.3, -0.25) is 15.2 Å². The molecule has 0 aliphatic heterocycles. The van der Waals surface area contributed by atoms with Crippen LogP contribution < -0.4 is 5.32 Å². The summed E-state index contributed by atoms with van der Waals surface area (Å²) in [6, 6.07) is 0. The van der Waals surface area contributed by atoms with Crippen molar-refractivity contribution in [3.8, 4) is 0 Å². The molecule has 0 bridgehead atoms. The number of amides is 1. The molecular weight excluding hydrogens is 420 g/mol. The van der Waals surface area contributed by atoms with E-state index in [-0.39, 0.29) is 26.2 Å². The normalized spacial score (nSPS) is 17.6. The minimum absolute atomic E-state index is 0.0320. The summed E-state index contributed by atoms with van der Waals surface area (Å²) in [6.07, 6.45) is 1.32. The van der Waals surface area contributed by atoms with Gasteiger partial charge in [-0.25, -0.2) is 14.4 Å². The van der Waals surface area contributed by atoms with Crippen molar-refractivity contribution in [2.45, 2.75) is 57.8 Å². The van der Waals surface area contributed by atoms with Crippen LogP contribution in [0, 0.1) is 5.41 Å². The largest absolute Gasteiger partial charge is 0.481 e. The van der Waals surface area contributed by atoms with Crippen LogP contribution in [0.4, 0.5) is 4.79 Å². The van der Waals surface area contributed by atoms with Crippen molar-refractivity contribution in [1.82, 2.24) is 10.7 Å². The lowest BCUT2D eigenvalue weighted by atomic mass is 9.72.